The maximum absolute atomic E-state index is 14.5. The van der Waals surface area contributed by atoms with Crippen LogP contribution in [0, 0.1) is 5.82 Å². The number of hydrogen-bond acceptors (Lipinski definition) is 10. The van der Waals surface area contributed by atoms with E-state index in [0.29, 0.717) is 50.0 Å². The minimum Gasteiger partial charge on any atom is -0.383 e. The number of nitrogens with zero attached hydrogens (tertiary/aromatic N) is 8. The van der Waals surface area contributed by atoms with Crippen LogP contribution in [0.3, 0.4) is 0 Å². The predicted octanol–water partition coefficient (Wildman–Crippen LogP) is 4.66. The number of aromatic amines is 1. The van der Waals surface area contributed by atoms with Crippen LogP contribution in [0.25, 0.3) is 22.4 Å². The van der Waals surface area contributed by atoms with Gasteiger partial charge in [-0.15, -0.1) is 21.5 Å². The van der Waals surface area contributed by atoms with Gasteiger partial charge in [-0.05, 0) is 31.2 Å². The summed E-state index contributed by atoms with van der Waals surface area (Å²) in [6.07, 6.45) is 0.533. The third-order valence-corrected chi connectivity index (χ3v) is 9.23. The van der Waals surface area contributed by atoms with Crippen LogP contribution in [0.5, 0.6) is 0 Å². The predicted molar refractivity (Wildman–Crippen MR) is 164 cm³/mol. The van der Waals surface area contributed by atoms with Crippen LogP contribution < -0.4 is 11.1 Å². The second kappa shape index (κ2) is 10.1. The van der Waals surface area contributed by atoms with Gasteiger partial charge in [-0.2, -0.15) is 10.3 Å². The van der Waals surface area contributed by atoms with Crippen LogP contribution in [-0.4, -0.2) is 51.3 Å². The SMILES string of the molecule is CC(C)(Cc1csc(C2(C)C(=O)Nc3nc(-c4nn(Cc5ccccc5F)c5cc(Cl)ccc45)nc(N)c32)n1)c1nn[nH]n1. The van der Waals surface area contributed by atoms with E-state index in [4.69, 9.17) is 32.4 Å². The summed E-state index contributed by atoms with van der Waals surface area (Å²) in [7, 11) is 0. The molecule has 4 aromatic heterocycles. The number of amides is 1. The van der Waals surface area contributed by atoms with E-state index in [2.05, 4.69) is 30.9 Å². The molecule has 12 nitrogen and oxygen atoms in total. The molecule has 44 heavy (non-hydrogen) atoms. The summed E-state index contributed by atoms with van der Waals surface area (Å²) in [6, 6.07) is 11.8. The summed E-state index contributed by atoms with van der Waals surface area (Å²) in [4.78, 5) is 27.7. The van der Waals surface area contributed by atoms with Crippen molar-refractivity contribution < 1.29 is 9.18 Å². The number of fused-ring (bicyclic) bond motifs is 2. The first-order valence-corrected chi connectivity index (χ1v) is 14.9. The number of halogens is 2. The minimum atomic E-state index is -1.21. The van der Waals surface area contributed by atoms with Crippen molar-refractivity contribution in [3.8, 4) is 11.5 Å². The van der Waals surface area contributed by atoms with Crippen molar-refractivity contribution in [1.82, 2.24) is 45.4 Å². The van der Waals surface area contributed by atoms with Gasteiger partial charge in [0.25, 0.3) is 0 Å². The molecule has 2 aromatic carbocycles. The molecule has 5 heterocycles. The number of tetrazole rings is 1. The Labute approximate surface area is 258 Å². The molecule has 0 radical (unpaired) electrons. The molecule has 222 valence electrons. The van der Waals surface area contributed by atoms with Gasteiger partial charge in [0.2, 0.25) is 5.91 Å². The van der Waals surface area contributed by atoms with Crippen LogP contribution in [0.1, 0.15) is 48.4 Å². The highest BCUT2D eigenvalue weighted by Crippen LogP contribution is 2.46. The Bertz CT molecular complexity index is 2070. The number of rotatable bonds is 7. The quantitative estimate of drug-likeness (QED) is 0.227. The Kier molecular flexibility index (Phi) is 6.44. The first-order valence-electron chi connectivity index (χ1n) is 13.6. The zero-order valence-electron chi connectivity index (χ0n) is 23.8. The number of H-pyrrole nitrogens is 1. The summed E-state index contributed by atoms with van der Waals surface area (Å²) in [5.74, 6) is 0.537. The zero-order valence-corrected chi connectivity index (χ0v) is 25.3. The molecule has 1 unspecified atom stereocenters. The molecule has 1 atom stereocenters. The molecule has 0 saturated heterocycles. The number of benzene rings is 2. The minimum absolute atomic E-state index is 0.125. The van der Waals surface area contributed by atoms with Crippen LogP contribution in [0.15, 0.2) is 47.8 Å². The Hall–Kier alpha value is -4.82. The molecule has 4 N–H and O–H groups in total. The van der Waals surface area contributed by atoms with Gasteiger partial charge in [0, 0.05) is 33.2 Å². The Morgan fingerprint density at radius 2 is 1.98 bits per heavy atom. The Morgan fingerprint density at radius 1 is 1.16 bits per heavy atom. The van der Waals surface area contributed by atoms with Gasteiger partial charge < -0.3 is 11.1 Å². The molecule has 6 aromatic rings. The van der Waals surface area contributed by atoms with Crippen molar-refractivity contribution >= 4 is 51.4 Å². The van der Waals surface area contributed by atoms with E-state index < -0.39 is 10.8 Å². The Balaban J connectivity index is 1.27. The molecular weight excluding hydrogens is 605 g/mol. The van der Waals surface area contributed by atoms with Crippen LogP contribution >= 0.6 is 22.9 Å². The van der Waals surface area contributed by atoms with Crippen LogP contribution in [0.4, 0.5) is 16.0 Å². The summed E-state index contributed by atoms with van der Waals surface area (Å²) >= 11 is 7.68. The first kappa shape index (κ1) is 28.0. The molecule has 1 aliphatic heterocycles. The summed E-state index contributed by atoms with van der Waals surface area (Å²) in [6.45, 7) is 5.92. The maximum atomic E-state index is 14.5. The van der Waals surface area contributed by atoms with Gasteiger partial charge in [-0.25, -0.2) is 19.3 Å². The highest BCUT2D eigenvalue weighted by Gasteiger charge is 2.50. The van der Waals surface area contributed by atoms with Gasteiger partial charge in [-0.1, -0.05) is 48.9 Å². The lowest BCUT2D eigenvalue weighted by molar-refractivity contribution is -0.119. The fraction of sp³-hybridized carbons (Fsp3) is 0.241. The van der Waals surface area contributed by atoms with Crippen molar-refractivity contribution in [3.05, 3.63) is 86.3 Å². The van der Waals surface area contributed by atoms with Gasteiger partial charge in [-0.3, -0.25) is 9.48 Å². The molecular formula is C29H25ClFN11OS. The smallest absolute Gasteiger partial charge is 0.243 e. The average Bonchev–Trinajstić information content (AvgIpc) is 3.78. The lowest BCUT2D eigenvalue weighted by Crippen LogP contribution is -2.33. The molecule has 0 spiro atoms. The van der Waals surface area contributed by atoms with Gasteiger partial charge in [0.05, 0.1) is 23.3 Å². The third-order valence-electron chi connectivity index (χ3n) is 7.88. The lowest BCUT2D eigenvalue weighted by atomic mass is 9.84. The van der Waals surface area contributed by atoms with E-state index >= 15 is 0 Å². The van der Waals surface area contributed by atoms with Gasteiger partial charge in [0.15, 0.2) is 11.6 Å². The number of thiazole rings is 1. The largest absolute Gasteiger partial charge is 0.383 e. The van der Waals surface area contributed by atoms with E-state index in [9.17, 15) is 9.18 Å². The highest BCUT2D eigenvalue weighted by atomic mass is 35.5. The van der Waals surface area contributed by atoms with Crippen molar-refractivity contribution in [2.75, 3.05) is 11.1 Å². The van der Waals surface area contributed by atoms with Gasteiger partial charge in [0.1, 0.15) is 33.6 Å². The highest BCUT2D eigenvalue weighted by molar-refractivity contribution is 7.10. The molecule has 1 aliphatic rings. The summed E-state index contributed by atoms with van der Waals surface area (Å²) in [5, 5.41) is 25.7. The fourth-order valence-corrected chi connectivity index (χ4v) is 6.69. The lowest BCUT2D eigenvalue weighted by Gasteiger charge is -2.21. The number of anilines is 2. The third kappa shape index (κ3) is 4.48. The normalized spacial score (nSPS) is 16.4. The molecule has 0 bridgehead atoms. The van der Waals surface area contributed by atoms with E-state index in [1.165, 1.54) is 17.4 Å². The van der Waals surface area contributed by atoms with Crippen LogP contribution in [0.2, 0.25) is 5.02 Å². The van der Waals surface area contributed by atoms with Crippen LogP contribution in [-0.2, 0) is 28.6 Å². The van der Waals surface area contributed by atoms with Crippen molar-refractivity contribution in [2.45, 2.75) is 44.6 Å². The number of nitrogens with one attached hydrogen (secondary N) is 2. The molecule has 0 fully saturated rings. The topological polar surface area (TPSA) is 166 Å². The van der Waals surface area contributed by atoms with E-state index in [0.717, 1.165) is 5.69 Å². The number of aromatic nitrogens is 9. The molecule has 0 saturated carbocycles. The van der Waals surface area contributed by atoms with Crippen molar-refractivity contribution in [1.29, 1.82) is 0 Å². The summed E-state index contributed by atoms with van der Waals surface area (Å²) < 4.78 is 16.2. The van der Waals surface area contributed by atoms with Crippen molar-refractivity contribution in [2.24, 2.45) is 0 Å². The van der Waals surface area contributed by atoms with E-state index in [-0.39, 0.29) is 35.7 Å². The first-order chi connectivity index (χ1) is 21.0. The molecule has 1 amide bonds. The van der Waals surface area contributed by atoms with Crippen molar-refractivity contribution in [3.63, 3.8) is 0 Å². The van der Waals surface area contributed by atoms with E-state index in [1.54, 1.807) is 48.0 Å². The number of hydrogen-bond donors (Lipinski definition) is 3. The van der Waals surface area contributed by atoms with E-state index in [1.807, 2.05) is 19.2 Å². The Morgan fingerprint density at radius 3 is 2.75 bits per heavy atom. The second-order valence-electron chi connectivity index (χ2n) is 11.4. The fourth-order valence-electron chi connectivity index (χ4n) is 5.54. The molecule has 7 rings (SSSR count). The average molecular weight is 630 g/mol. The standard InChI is InChI=1S/C29H25ClFN11OS/c1-28(2,25-37-40-41-38-25)11-16-13-44-27(33-16)29(3)20-22(32)34-24(35-23(20)36-26(29)43)21-17-9-8-15(30)10-19(17)42(39-21)12-14-6-4-5-7-18(14)31/h4-10,13H,11-12H2,1-3H3,(H,37,38,40,41)(H3,32,34,35,36,43). The number of nitrogens with two attached hydrogens (primary N) is 1. The molecule has 15 heteroatoms. The monoisotopic (exact) mass is 629 g/mol. The number of nitrogen functional groups attached to an aromatic ring is 1. The second-order valence-corrected chi connectivity index (χ2v) is 12.7. The zero-order chi connectivity index (χ0) is 30.8. The summed E-state index contributed by atoms with van der Waals surface area (Å²) in [5.41, 5.74) is 7.72. The molecule has 0 aliphatic carbocycles. The maximum Gasteiger partial charge on any atom is 0.243 e. The number of carbonyl (C=O) groups is 1. The van der Waals surface area contributed by atoms with Gasteiger partial charge >= 0.3 is 0 Å². The number of carbonyl (C=O) groups excluding carboxylic acids is 1.